The Balaban J connectivity index is 1.51. The first-order chi connectivity index (χ1) is 12.1. The maximum absolute atomic E-state index is 12.1. The first-order valence-electron chi connectivity index (χ1n) is 9.23. The van der Waals surface area contributed by atoms with Crippen LogP contribution in [0.3, 0.4) is 0 Å². The Bertz CT molecular complexity index is 764. The molecule has 4 rings (SSSR count). The molecule has 0 radical (unpaired) electrons. The zero-order valence-electron chi connectivity index (χ0n) is 15.1. The lowest BCUT2D eigenvalue weighted by Gasteiger charge is -2.31. The number of hydrogen-bond donors (Lipinski definition) is 0. The fraction of sp³-hybridized carbons (Fsp3) is 0.579. The Morgan fingerprint density at radius 1 is 1.20 bits per heavy atom. The van der Waals surface area contributed by atoms with Crippen LogP contribution in [0.15, 0.2) is 22.6 Å². The van der Waals surface area contributed by atoms with Crippen LogP contribution in [0, 0.1) is 0 Å². The monoisotopic (exact) mass is 342 g/mol. The highest BCUT2D eigenvalue weighted by Crippen LogP contribution is 2.28. The van der Waals surface area contributed by atoms with Crippen molar-refractivity contribution in [2.45, 2.75) is 31.7 Å². The lowest BCUT2D eigenvalue weighted by molar-refractivity contribution is 0.0827. The number of nitrogens with zero attached hydrogens (tertiary/aromatic N) is 4. The molecule has 25 heavy (non-hydrogen) atoms. The second-order valence-electron chi connectivity index (χ2n) is 7.36. The van der Waals surface area contributed by atoms with Gasteiger partial charge in [-0.15, -0.1) is 0 Å². The number of oxazole rings is 1. The molecule has 2 aromatic rings. The summed E-state index contributed by atoms with van der Waals surface area (Å²) < 4.78 is 5.98. The molecule has 134 valence electrons. The first kappa shape index (κ1) is 16.4. The molecule has 1 aromatic carbocycles. The maximum Gasteiger partial charge on any atom is 0.298 e. The third kappa shape index (κ3) is 3.23. The van der Waals surface area contributed by atoms with E-state index >= 15 is 0 Å². The van der Waals surface area contributed by atoms with Crippen LogP contribution in [0.1, 0.15) is 36.0 Å². The van der Waals surface area contributed by atoms with E-state index in [1.165, 1.54) is 38.8 Å². The van der Waals surface area contributed by atoms with Crippen molar-refractivity contribution in [2.24, 2.45) is 0 Å². The summed E-state index contributed by atoms with van der Waals surface area (Å²) in [5.74, 6) is -0.0221. The maximum atomic E-state index is 12.1. The normalized spacial score (nSPS) is 21.8. The molecular weight excluding hydrogens is 316 g/mol. The predicted molar refractivity (Wildman–Crippen MR) is 98.1 cm³/mol. The van der Waals surface area contributed by atoms with Crippen LogP contribution in [0.4, 0.5) is 6.01 Å². The summed E-state index contributed by atoms with van der Waals surface area (Å²) >= 11 is 0. The van der Waals surface area contributed by atoms with Gasteiger partial charge in [0.15, 0.2) is 5.58 Å². The molecule has 0 N–H and O–H groups in total. The molecule has 0 aliphatic carbocycles. The number of anilines is 1. The number of amides is 1. The van der Waals surface area contributed by atoms with Crippen molar-refractivity contribution >= 4 is 23.0 Å². The minimum absolute atomic E-state index is 0.0221. The molecule has 3 heterocycles. The van der Waals surface area contributed by atoms with Crippen LogP contribution in [0.2, 0.25) is 0 Å². The second kappa shape index (κ2) is 6.67. The van der Waals surface area contributed by atoms with Gasteiger partial charge in [-0.25, -0.2) is 0 Å². The highest BCUT2D eigenvalue weighted by atomic mass is 16.4. The van der Waals surface area contributed by atoms with E-state index < -0.39 is 0 Å². The van der Waals surface area contributed by atoms with Crippen LogP contribution in [-0.4, -0.2) is 67.0 Å². The van der Waals surface area contributed by atoms with Gasteiger partial charge >= 0.3 is 0 Å². The summed E-state index contributed by atoms with van der Waals surface area (Å²) in [7, 11) is 3.51. The molecule has 0 saturated carbocycles. The number of hydrogen-bond acceptors (Lipinski definition) is 5. The van der Waals surface area contributed by atoms with E-state index in [9.17, 15) is 4.79 Å². The Labute approximate surface area is 148 Å². The van der Waals surface area contributed by atoms with E-state index in [0.29, 0.717) is 23.2 Å². The predicted octanol–water partition coefficient (Wildman–Crippen LogP) is 2.59. The number of fused-ring (bicyclic) bond motifs is 1. The van der Waals surface area contributed by atoms with E-state index in [1.807, 2.05) is 12.1 Å². The molecule has 1 aromatic heterocycles. The van der Waals surface area contributed by atoms with Crippen LogP contribution >= 0.6 is 0 Å². The van der Waals surface area contributed by atoms with Gasteiger partial charge in [0.25, 0.3) is 11.9 Å². The third-order valence-electron chi connectivity index (χ3n) is 5.37. The summed E-state index contributed by atoms with van der Waals surface area (Å²) in [5, 5.41) is 0. The molecule has 0 unspecified atom stereocenters. The van der Waals surface area contributed by atoms with E-state index in [4.69, 9.17) is 4.42 Å². The van der Waals surface area contributed by atoms with Crippen molar-refractivity contribution in [3.63, 3.8) is 0 Å². The summed E-state index contributed by atoms with van der Waals surface area (Å²) in [4.78, 5) is 23.2. The van der Waals surface area contributed by atoms with Crippen molar-refractivity contribution in [2.75, 3.05) is 45.2 Å². The van der Waals surface area contributed by atoms with E-state index in [2.05, 4.69) is 14.8 Å². The Morgan fingerprint density at radius 2 is 2.00 bits per heavy atom. The van der Waals surface area contributed by atoms with Gasteiger partial charge in [0.05, 0.1) is 0 Å². The van der Waals surface area contributed by atoms with Crippen molar-refractivity contribution in [3.05, 3.63) is 23.8 Å². The zero-order chi connectivity index (χ0) is 17.4. The summed E-state index contributed by atoms with van der Waals surface area (Å²) in [5.41, 5.74) is 2.13. The van der Waals surface area contributed by atoms with Gasteiger partial charge in [0.1, 0.15) is 5.52 Å². The van der Waals surface area contributed by atoms with Gasteiger partial charge < -0.3 is 14.2 Å². The SMILES string of the molecule is CN(C)C(=O)c1ccc2nc(N3CC[C@@H](N4CCCCC4)C3)oc2c1. The molecule has 2 saturated heterocycles. The van der Waals surface area contributed by atoms with E-state index in [-0.39, 0.29) is 5.91 Å². The van der Waals surface area contributed by atoms with Gasteiger partial charge in [-0.2, -0.15) is 4.98 Å². The standard InChI is InChI=1S/C19H26N4O2/c1-21(2)18(24)14-6-7-16-17(12-14)25-19(20-16)23-11-8-15(13-23)22-9-4-3-5-10-22/h6-7,12,15H,3-5,8-11,13H2,1-2H3/t15-/m1/s1. The number of carbonyl (C=O) groups is 1. The van der Waals surface area contributed by atoms with Crippen LogP contribution in [0.5, 0.6) is 0 Å². The van der Waals surface area contributed by atoms with Crippen molar-refractivity contribution in [3.8, 4) is 0 Å². The average molecular weight is 342 g/mol. The summed E-state index contributed by atoms with van der Waals surface area (Å²) in [6, 6.07) is 6.78. The van der Waals surface area contributed by atoms with Gasteiger partial charge in [-0.1, -0.05) is 6.42 Å². The fourth-order valence-electron chi connectivity index (χ4n) is 3.94. The first-order valence-corrected chi connectivity index (χ1v) is 9.23. The number of piperidine rings is 1. The highest BCUT2D eigenvalue weighted by molar-refractivity contribution is 5.96. The number of likely N-dealkylation sites (tertiary alicyclic amines) is 1. The topological polar surface area (TPSA) is 52.8 Å². The van der Waals surface area contributed by atoms with Crippen LogP contribution in [-0.2, 0) is 0 Å². The quantitative estimate of drug-likeness (QED) is 0.858. The van der Waals surface area contributed by atoms with Gasteiger partial charge in [0, 0.05) is 38.8 Å². The zero-order valence-corrected chi connectivity index (χ0v) is 15.1. The minimum atomic E-state index is -0.0221. The largest absolute Gasteiger partial charge is 0.423 e. The van der Waals surface area contributed by atoms with E-state index in [1.54, 1.807) is 25.1 Å². The third-order valence-corrected chi connectivity index (χ3v) is 5.37. The Hall–Kier alpha value is -2.08. The summed E-state index contributed by atoms with van der Waals surface area (Å²) in [6.07, 6.45) is 5.18. The smallest absolute Gasteiger partial charge is 0.298 e. The molecule has 6 heteroatoms. The van der Waals surface area contributed by atoms with Gasteiger partial charge in [0.2, 0.25) is 0 Å². The van der Waals surface area contributed by atoms with Gasteiger partial charge in [-0.05, 0) is 50.6 Å². The number of carbonyl (C=O) groups excluding carboxylic acids is 1. The second-order valence-corrected chi connectivity index (χ2v) is 7.36. The van der Waals surface area contributed by atoms with E-state index in [0.717, 1.165) is 18.6 Å². The molecule has 0 bridgehead atoms. The molecule has 2 fully saturated rings. The average Bonchev–Trinajstić information content (AvgIpc) is 3.27. The molecule has 6 nitrogen and oxygen atoms in total. The Kier molecular flexibility index (Phi) is 4.37. The lowest BCUT2D eigenvalue weighted by atomic mass is 10.1. The summed E-state index contributed by atoms with van der Waals surface area (Å²) in [6.45, 7) is 4.41. The molecule has 0 spiro atoms. The molecule has 2 aliphatic rings. The highest BCUT2D eigenvalue weighted by Gasteiger charge is 2.30. The number of benzene rings is 1. The Morgan fingerprint density at radius 3 is 2.76 bits per heavy atom. The molecule has 1 atom stereocenters. The van der Waals surface area contributed by atoms with Crippen LogP contribution < -0.4 is 4.90 Å². The fourth-order valence-corrected chi connectivity index (χ4v) is 3.94. The van der Waals surface area contributed by atoms with Crippen LogP contribution in [0.25, 0.3) is 11.1 Å². The minimum Gasteiger partial charge on any atom is -0.423 e. The van der Waals surface area contributed by atoms with Gasteiger partial charge in [-0.3, -0.25) is 9.69 Å². The van der Waals surface area contributed by atoms with Crippen molar-refractivity contribution < 1.29 is 9.21 Å². The molecule has 1 amide bonds. The lowest BCUT2D eigenvalue weighted by Crippen LogP contribution is -2.40. The number of aromatic nitrogens is 1. The molecule has 2 aliphatic heterocycles. The van der Waals surface area contributed by atoms with Crippen molar-refractivity contribution in [1.82, 2.24) is 14.8 Å². The molecular formula is C19H26N4O2. The van der Waals surface area contributed by atoms with Crippen molar-refractivity contribution in [1.29, 1.82) is 0 Å². The number of rotatable bonds is 3.